The normalized spacial score (nSPS) is 29.6. The minimum atomic E-state index is -4.93. The lowest BCUT2D eigenvalue weighted by molar-refractivity contribution is -0.137. The Morgan fingerprint density at radius 2 is 2.00 bits per heavy atom. The molecular weight excluding hydrogens is 640 g/mol. The lowest BCUT2D eigenvalue weighted by Gasteiger charge is -2.46. The number of anilines is 2. The van der Waals surface area contributed by atoms with Crippen LogP contribution in [0.1, 0.15) is 43.7 Å². The van der Waals surface area contributed by atoms with Crippen LogP contribution in [0.15, 0.2) is 6.07 Å². The molecule has 8 rings (SSSR count). The number of pyridine rings is 1. The van der Waals surface area contributed by atoms with E-state index in [0.717, 1.165) is 18.9 Å². The number of ether oxygens (including phenoxy) is 2. The van der Waals surface area contributed by atoms with Crippen LogP contribution in [-0.2, 0) is 6.18 Å². The number of nitrogens with one attached hydrogen (secondary N) is 1. The maximum absolute atomic E-state index is 16.9. The van der Waals surface area contributed by atoms with Crippen molar-refractivity contribution in [3.63, 3.8) is 0 Å². The highest BCUT2D eigenvalue weighted by Crippen LogP contribution is 2.52. The smallest absolute Gasteiger partial charge is 0.418 e. The van der Waals surface area contributed by atoms with Gasteiger partial charge in [0, 0.05) is 31.6 Å². The summed E-state index contributed by atoms with van der Waals surface area (Å²) in [4.78, 5) is 16.6. The monoisotopic (exact) mass is 669 g/mol. The molecule has 1 aromatic carbocycles. The fourth-order valence-electron chi connectivity index (χ4n) is 8.23. The first-order valence-electron chi connectivity index (χ1n) is 15.2. The van der Waals surface area contributed by atoms with Crippen LogP contribution in [0.3, 0.4) is 0 Å². The van der Waals surface area contributed by atoms with Gasteiger partial charge in [0.1, 0.15) is 29.9 Å². The number of hydrogen-bond donors (Lipinski definition) is 2. The summed E-state index contributed by atoms with van der Waals surface area (Å²) < 4.78 is 101. The number of hydrogen-bond acceptors (Lipinski definition) is 9. The van der Waals surface area contributed by atoms with Crippen molar-refractivity contribution in [1.82, 2.24) is 25.2 Å². The van der Waals surface area contributed by atoms with E-state index in [1.807, 2.05) is 11.8 Å². The zero-order valence-electron chi connectivity index (χ0n) is 24.8. The molecule has 7 heterocycles. The Balaban J connectivity index is 1.35. The van der Waals surface area contributed by atoms with Gasteiger partial charge in [-0.1, -0.05) is 11.6 Å². The van der Waals surface area contributed by atoms with Gasteiger partial charge in [0.05, 0.1) is 45.4 Å². The van der Waals surface area contributed by atoms with Gasteiger partial charge < -0.3 is 25.4 Å². The average Bonchev–Trinajstić information content (AvgIpc) is 3.36. The molecule has 0 unspecified atom stereocenters. The summed E-state index contributed by atoms with van der Waals surface area (Å²) in [5.74, 6) is -4.16. The van der Waals surface area contributed by atoms with E-state index < -0.39 is 57.8 Å². The molecule has 4 fully saturated rings. The van der Waals surface area contributed by atoms with E-state index in [4.69, 9.17) is 31.8 Å². The highest BCUT2D eigenvalue weighted by atomic mass is 35.5. The number of aromatic nitrogens is 3. The number of rotatable bonds is 4. The summed E-state index contributed by atoms with van der Waals surface area (Å²) >= 11 is 6.82. The van der Waals surface area contributed by atoms with Crippen LogP contribution in [0.4, 0.5) is 38.0 Å². The molecule has 46 heavy (non-hydrogen) atoms. The van der Waals surface area contributed by atoms with Crippen molar-refractivity contribution in [2.75, 3.05) is 36.9 Å². The number of benzene rings is 1. The SMILES string of the molecule is Cc1cc(N)nc(-c2c(Cl)c3c4c(nc(OC[C@]56CCN5CC(F)(F)C6)nc4c2F)N2C[C@H]4CC[C@H](N4)[C@H]2[C@H](C)O3)c1C(F)(F)F. The van der Waals surface area contributed by atoms with Gasteiger partial charge in [-0.2, -0.15) is 23.1 Å². The summed E-state index contributed by atoms with van der Waals surface area (Å²) in [7, 11) is 0. The quantitative estimate of drug-likeness (QED) is 0.356. The molecule has 4 saturated heterocycles. The van der Waals surface area contributed by atoms with E-state index in [-0.39, 0.29) is 71.1 Å². The first-order chi connectivity index (χ1) is 21.7. The van der Waals surface area contributed by atoms with Crippen LogP contribution >= 0.6 is 11.6 Å². The largest absolute Gasteiger partial charge is 0.486 e. The van der Waals surface area contributed by atoms with Crippen molar-refractivity contribution in [3.8, 4) is 23.0 Å². The van der Waals surface area contributed by atoms with E-state index in [1.165, 1.54) is 6.92 Å². The molecule has 2 bridgehead atoms. The lowest BCUT2D eigenvalue weighted by atomic mass is 9.85. The number of fused-ring (bicyclic) bond motifs is 6. The van der Waals surface area contributed by atoms with Crippen molar-refractivity contribution in [3.05, 3.63) is 28.0 Å². The molecular formula is C30H30ClF6N7O2. The molecule has 0 saturated carbocycles. The van der Waals surface area contributed by atoms with Gasteiger partial charge >= 0.3 is 12.2 Å². The van der Waals surface area contributed by atoms with E-state index in [2.05, 4.69) is 15.3 Å². The molecule has 3 aromatic rings. The van der Waals surface area contributed by atoms with Gasteiger partial charge in [0.25, 0.3) is 5.92 Å². The summed E-state index contributed by atoms with van der Waals surface area (Å²) in [5, 5.41) is 3.24. The van der Waals surface area contributed by atoms with Crippen LogP contribution in [0, 0.1) is 12.7 Å². The minimum absolute atomic E-state index is 0.0150. The third kappa shape index (κ3) is 4.40. The molecule has 9 nitrogen and oxygen atoms in total. The van der Waals surface area contributed by atoms with Crippen LogP contribution in [-0.4, -0.2) is 81.8 Å². The molecule has 0 aliphatic carbocycles. The summed E-state index contributed by atoms with van der Waals surface area (Å²) in [5.41, 5.74) is 1.62. The van der Waals surface area contributed by atoms with Crippen molar-refractivity contribution < 1.29 is 35.8 Å². The molecule has 2 aromatic heterocycles. The van der Waals surface area contributed by atoms with Crippen molar-refractivity contribution in [2.24, 2.45) is 0 Å². The second-order valence-corrected chi connectivity index (χ2v) is 13.6. The third-order valence-electron chi connectivity index (χ3n) is 10.2. The van der Waals surface area contributed by atoms with E-state index in [9.17, 15) is 22.0 Å². The first-order valence-corrected chi connectivity index (χ1v) is 15.6. The van der Waals surface area contributed by atoms with Crippen LogP contribution < -0.4 is 25.4 Å². The maximum Gasteiger partial charge on any atom is 0.418 e. The Labute approximate surface area is 264 Å². The topological polar surface area (TPSA) is 102 Å². The van der Waals surface area contributed by atoms with Gasteiger partial charge in [0.15, 0.2) is 11.6 Å². The third-order valence-corrected chi connectivity index (χ3v) is 10.6. The number of piperazine rings is 1. The first kappa shape index (κ1) is 30.1. The fourth-order valence-corrected chi connectivity index (χ4v) is 8.54. The number of nitrogen functional groups attached to an aromatic ring is 1. The lowest BCUT2D eigenvalue weighted by Crippen LogP contribution is -2.62. The van der Waals surface area contributed by atoms with Crippen molar-refractivity contribution in [1.29, 1.82) is 0 Å². The number of aryl methyl sites for hydroxylation is 1. The maximum atomic E-state index is 16.9. The molecule has 5 aliphatic rings. The van der Waals surface area contributed by atoms with E-state index >= 15 is 4.39 Å². The Morgan fingerprint density at radius 3 is 2.70 bits per heavy atom. The average molecular weight is 670 g/mol. The molecule has 0 spiro atoms. The zero-order chi connectivity index (χ0) is 32.5. The summed E-state index contributed by atoms with van der Waals surface area (Å²) in [6.45, 7) is 3.45. The van der Waals surface area contributed by atoms with Crippen molar-refractivity contribution in [2.45, 2.75) is 81.4 Å². The van der Waals surface area contributed by atoms with E-state index in [0.29, 0.717) is 19.5 Å². The van der Waals surface area contributed by atoms with Gasteiger partial charge in [-0.3, -0.25) is 4.90 Å². The minimum Gasteiger partial charge on any atom is -0.486 e. The summed E-state index contributed by atoms with van der Waals surface area (Å²) in [6, 6.07) is 0.561. The highest BCUT2D eigenvalue weighted by molar-refractivity contribution is 6.36. The van der Waals surface area contributed by atoms with Crippen LogP contribution in [0.2, 0.25) is 5.02 Å². The Hall–Kier alpha value is -3.30. The number of halogens is 7. The highest BCUT2D eigenvalue weighted by Gasteiger charge is 2.60. The van der Waals surface area contributed by atoms with Crippen molar-refractivity contribution >= 4 is 34.1 Å². The Bertz CT molecular complexity index is 1790. The molecule has 0 radical (unpaired) electrons. The second kappa shape index (κ2) is 9.86. The van der Waals surface area contributed by atoms with Crippen LogP contribution in [0.25, 0.3) is 22.2 Å². The predicted molar refractivity (Wildman–Crippen MR) is 157 cm³/mol. The van der Waals surface area contributed by atoms with Gasteiger partial charge in [-0.25, -0.2) is 18.2 Å². The number of alkyl halides is 5. The van der Waals surface area contributed by atoms with Crippen LogP contribution in [0.5, 0.6) is 11.8 Å². The van der Waals surface area contributed by atoms with Gasteiger partial charge in [0.2, 0.25) is 0 Å². The van der Waals surface area contributed by atoms with E-state index in [1.54, 1.807) is 4.90 Å². The zero-order valence-corrected chi connectivity index (χ0v) is 25.6. The van der Waals surface area contributed by atoms with Gasteiger partial charge in [-0.15, -0.1) is 0 Å². The predicted octanol–water partition coefficient (Wildman–Crippen LogP) is 5.35. The molecule has 3 N–H and O–H groups in total. The standard InChI is InChI=1S/C30H30ClF6N7O2/c1-12-7-16(38)40-22(19(12)30(35,36)37)17-20(31)25-18-23(21(17)32)41-27(45-11-28-5-6-43(28)10-29(33,34)9-28)42-26(18)44-8-14-3-4-15(39-14)24(44)13(2)46-25/h7,13-15,24,39H,3-6,8-11H2,1-2H3,(H2,38,40)/t13-,14+,15-,24+,28+/m0/s1. The molecule has 0 amide bonds. The molecule has 5 aliphatic heterocycles. The number of nitrogens with two attached hydrogens (primary N) is 1. The Morgan fingerprint density at radius 1 is 1.22 bits per heavy atom. The second-order valence-electron chi connectivity index (χ2n) is 13.2. The molecule has 16 heteroatoms. The summed E-state index contributed by atoms with van der Waals surface area (Å²) in [6.07, 6.45) is -3.66. The van der Waals surface area contributed by atoms with Gasteiger partial charge in [-0.05, 0) is 44.7 Å². The molecule has 246 valence electrons. The molecule has 5 atom stereocenters. The Kier molecular flexibility index (Phi) is 6.44. The fraction of sp³-hybridized carbons (Fsp3) is 0.567. The number of nitrogens with zero attached hydrogens (tertiary/aromatic N) is 5.